The second-order valence-corrected chi connectivity index (χ2v) is 7.40. The third kappa shape index (κ3) is 7.17. The van der Waals surface area contributed by atoms with E-state index in [0.717, 1.165) is 75.7 Å². The lowest BCUT2D eigenvalue weighted by molar-refractivity contribution is -0.130. The molecule has 2 N–H and O–H groups in total. The van der Waals surface area contributed by atoms with Gasteiger partial charge in [0.05, 0.1) is 5.69 Å². The first-order valence-corrected chi connectivity index (χ1v) is 10.9. The molecule has 7 heteroatoms. The van der Waals surface area contributed by atoms with E-state index >= 15 is 0 Å². The van der Waals surface area contributed by atoms with Crippen molar-refractivity contribution in [3.8, 4) is 0 Å². The van der Waals surface area contributed by atoms with Gasteiger partial charge in [-0.3, -0.25) is 4.79 Å². The third-order valence-electron chi connectivity index (χ3n) is 5.29. The molecule has 1 aromatic heterocycles. The SMILES string of the molecule is CCNC(=NCc1cc(C(CC)CC)no1)NCCCN1CCCCCC1=O. The number of hydrogen-bond acceptors (Lipinski definition) is 4. The first-order chi connectivity index (χ1) is 13.7. The van der Waals surface area contributed by atoms with Crippen LogP contribution in [0.3, 0.4) is 0 Å². The van der Waals surface area contributed by atoms with Gasteiger partial charge >= 0.3 is 0 Å². The first-order valence-electron chi connectivity index (χ1n) is 10.9. The number of aromatic nitrogens is 1. The molecule has 158 valence electrons. The van der Waals surface area contributed by atoms with Crippen molar-refractivity contribution in [2.45, 2.75) is 78.2 Å². The van der Waals surface area contributed by atoms with Crippen LogP contribution >= 0.6 is 0 Å². The first kappa shape index (κ1) is 22.2. The van der Waals surface area contributed by atoms with Crippen LogP contribution in [0.4, 0.5) is 0 Å². The zero-order chi connectivity index (χ0) is 20.2. The highest BCUT2D eigenvalue weighted by Crippen LogP contribution is 2.22. The topological polar surface area (TPSA) is 82.8 Å². The summed E-state index contributed by atoms with van der Waals surface area (Å²) >= 11 is 0. The van der Waals surface area contributed by atoms with Crippen LogP contribution < -0.4 is 10.6 Å². The lowest BCUT2D eigenvalue weighted by atomic mass is 9.99. The quantitative estimate of drug-likeness (QED) is 0.363. The van der Waals surface area contributed by atoms with E-state index in [2.05, 4.69) is 34.6 Å². The van der Waals surface area contributed by atoms with Crippen LogP contribution in [0, 0.1) is 0 Å². The molecular weight excluding hydrogens is 354 g/mol. The highest BCUT2D eigenvalue weighted by molar-refractivity contribution is 5.79. The van der Waals surface area contributed by atoms with Gasteiger partial charge in [0, 0.05) is 44.6 Å². The van der Waals surface area contributed by atoms with Crippen LogP contribution in [0.15, 0.2) is 15.6 Å². The number of guanidine groups is 1. The molecule has 0 aliphatic carbocycles. The summed E-state index contributed by atoms with van der Waals surface area (Å²) in [6, 6.07) is 2.02. The molecule has 0 spiro atoms. The Labute approximate surface area is 169 Å². The number of rotatable bonds is 10. The number of nitrogens with zero attached hydrogens (tertiary/aromatic N) is 3. The summed E-state index contributed by atoms with van der Waals surface area (Å²) in [5.41, 5.74) is 1.02. The van der Waals surface area contributed by atoms with E-state index in [4.69, 9.17) is 4.52 Å². The number of hydrogen-bond donors (Lipinski definition) is 2. The largest absolute Gasteiger partial charge is 0.359 e. The molecule has 0 radical (unpaired) electrons. The summed E-state index contributed by atoms with van der Waals surface area (Å²) in [6.07, 6.45) is 7.07. The minimum absolute atomic E-state index is 0.302. The third-order valence-corrected chi connectivity index (χ3v) is 5.29. The number of carbonyl (C=O) groups excluding carboxylic acids is 1. The van der Waals surface area contributed by atoms with Gasteiger partial charge in [-0.05, 0) is 39.0 Å². The van der Waals surface area contributed by atoms with E-state index in [-0.39, 0.29) is 0 Å². The fourth-order valence-electron chi connectivity index (χ4n) is 3.55. The molecule has 2 rings (SSSR count). The van der Waals surface area contributed by atoms with Gasteiger partial charge < -0.3 is 20.1 Å². The zero-order valence-electron chi connectivity index (χ0n) is 17.8. The summed E-state index contributed by atoms with van der Waals surface area (Å²) in [4.78, 5) is 18.7. The Morgan fingerprint density at radius 3 is 2.82 bits per heavy atom. The van der Waals surface area contributed by atoms with Crippen molar-refractivity contribution in [1.82, 2.24) is 20.7 Å². The Morgan fingerprint density at radius 1 is 1.25 bits per heavy atom. The Hall–Kier alpha value is -2.05. The minimum Gasteiger partial charge on any atom is -0.359 e. The van der Waals surface area contributed by atoms with Gasteiger partial charge in [-0.2, -0.15) is 0 Å². The highest BCUT2D eigenvalue weighted by atomic mass is 16.5. The summed E-state index contributed by atoms with van der Waals surface area (Å²) in [7, 11) is 0. The Balaban J connectivity index is 1.79. The van der Waals surface area contributed by atoms with Gasteiger partial charge in [0.15, 0.2) is 11.7 Å². The molecule has 1 fully saturated rings. The molecule has 1 amide bonds. The van der Waals surface area contributed by atoms with Crippen LogP contribution in [0.5, 0.6) is 0 Å². The van der Waals surface area contributed by atoms with Crippen molar-refractivity contribution < 1.29 is 9.32 Å². The Kier molecular flexibility index (Phi) is 9.86. The van der Waals surface area contributed by atoms with E-state index < -0.39 is 0 Å². The molecule has 0 aromatic carbocycles. The maximum atomic E-state index is 12.1. The summed E-state index contributed by atoms with van der Waals surface area (Å²) in [6.45, 7) is 10.2. The van der Waals surface area contributed by atoms with Crippen molar-refractivity contribution in [3.63, 3.8) is 0 Å². The fourth-order valence-corrected chi connectivity index (χ4v) is 3.55. The average molecular weight is 392 g/mol. The zero-order valence-corrected chi connectivity index (χ0v) is 17.8. The molecular formula is C21H37N5O2. The molecule has 0 bridgehead atoms. The van der Waals surface area contributed by atoms with Gasteiger partial charge in [0.2, 0.25) is 5.91 Å². The summed E-state index contributed by atoms with van der Waals surface area (Å²) in [5.74, 6) is 2.31. The van der Waals surface area contributed by atoms with Crippen LogP contribution in [0.25, 0.3) is 0 Å². The maximum Gasteiger partial charge on any atom is 0.222 e. The lowest BCUT2D eigenvalue weighted by Crippen LogP contribution is -2.39. The van der Waals surface area contributed by atoms with E-state index in [9.17, 15) is 4.79 Å². The van der Waals surface area contributed by atoms with Gasteiger partial charge in [-0.1, -0.05) is 25.4 Å². The number of carbonyl (C=O) groups is 1. The molecule has 1 aliphatic heterocycles. The second-order valence-electron chi connectivity index (χ2n) is 7.40. The van der Waals surface area contributed by atoms with Crippen LogP contribution in [0.1, 0.15) is 83.1 Å². The molecule has 0 atom stereocenters. The number of likely N-dealkylation sites (tertiary alicyclic amines) is 1. The molecule has 0 unspecified atom stereocenters. The fraction of sp³-hybridized carbons (Fsp3) is 0.762. The standard InChI is InChI=1S/C21H37N5O2/c1-4-17(5-2)19-15-18(28-25-19)16-24-21(22-6-3)23-12-10-14-26-13-9-7-8-11-20(26)27/h15,17H,4-14,16H2,1-3H3,(H2,22,23,24). The molecule has 1 aromatic rings. The van der Waals surface area contributed by atoms with Gasteiger partial charge in [0.1, 0.15) is 6.54 Å². The van der Waals surface area contributed by atoms with E-state index in [1.54, 1.807) is 0 Å². The van der Waals surface area contributed by atoms with Crippen LogP contribution in [-0.2, 0) is 11.3 Å². The molecule has 0 saturated carbocycles. The number of aliphatic imine (C=N–C) groups is 1. The number of amides is 1. The van der Waals surface area contributed by atoms with E-state index in [1.807, 2.05) is 17.9 Å². The monoisotopic (exact) mass is 391 g/mol. The molecule has 1 saturated heterocycles. The Bertz CT molecular complexity index is 610. The normalized spacial score (nSPS) is 15.8. The molecule has 1 aliphatic rings. The van der Waals surface area contributed by atoms with E-state index in [1.165, 1.54) is 6.42 Å². The van der Waals surface area contributed by atoms with Gasteiger partial charge in [-0.15, -0.1) is 0 Å². The molecule has 28 heavy (non-hydrogen) atoms. The van der Waals surface area contributed by atoms with Gasteiger partial charge in [-0.25, -0.2) is 4.99 Å². The van der Waals surface area contributed by atoms with Crippen molar-refractivity contribution in [2.75, 3.05) is 26.2 Å². The molecule has 2 heterocycles. The van der Waals surface area contributed by atoms with Crippen LogP contribution in [0.2, 0.25) is 0 Å². The second kappa shape index (κ2) is 12.4. The van der Waals surface area contributed by atoms with Crippen LogP contribution in [-0.4, -0.2) is 48.1 Å². The summed E-state index contributed by atoms with van der Waals surface area (Å²) in [5, 5.41) is 10.8. The molecule has 7 nitrogen and oxygen atoms in total. The van der Waals surface area contributed by atoms with Crippen molar-refractivity contribution in [1.29, 1.82) is 0 Å². The van der Waals surface area contributed by atoms with E-state index in [0.29, 0.717) is 24.8 Å². The van der Waals surface area contributed by atoms with Gasteiger partial charge in [0.25, 0.3) is 0 Å². The van der Waals surface area contributed by atoms with Crippen molar-refractivity contribution in [3.05, 3.63) is 17.5 Å². The Morgan fingerprint density at radius 2 is 2.07 bits per heavy atom. The van der Waals surface area contributed by atoms with Crippen molar-refractivity contribution in [2.24, 2.45) is 4.99 Å². The highest BCUT2D eigenvalue weighted by Gasteiger charge is 2.16. The number of nitrogens with one attached hydrogen (secondary N) is 2. The predicted molar refractivity (Wildman–Crippen MR) is 112 cm³/mol. The smallest absolute Gasteiger partial charge is 0.222 e. The lowest BCUT2D eigenvalue weighted by Gasteiger charge is -2.20. The average Bonchev–Trinajstić information content (AvgIpc) is 3.07. The summed E-state index contributed by atoms with van der Waals surface area (Å²) < 4.78 is 5.45. The minimum atomic E-state index is 0.302. The van der Waals surface area contributed by atoms with Crippen molar-refractivity contribution >= 4 is 11.9 Å². The maximum absolute atomic E-state index is 12.1. The predicted octanol–water partition coefficient (Wildman–Crippen LogP) is 3.43.